The molecule has 0 radical (unpaired) electrons. The Morgan fingerprint density at radius 2 is 1.67 bits per heavy atom. The molecule has 0 saturated carbocycles. The molecule has 5 heteroatoms. The standard InChI is InChI=1S/C16H11NO2S2/c18-15-14(21-16(20)17-15)10-11-6-8-13(9-7-11)19-12-4-2-1-3-5-12/h1-10H,(H,17,18,20)/b14-10+. The van der Waals surface area contributed by atoms with E-state index in [0.717, 1.165) is 17.1 Å². The quantitative estimate of drug-likeness (QED) is 0.687. The maximum Gasteiger partial charge on any atom is 0.263 e. The third-order valence-corrected chi connectivity index (χ3v) is 3.96. The summed E-state index contributed by atoms with van der Waals surface area (Å²) in [5, 5.41) is 2.59. The topological polar surface area (TPSA) is 38.3 Å². The molecule has 3 rings (SSSR count). The number of benzene rings is 2. The van der Waals surface area contributed by atoms with E-state index in [4.69, 9.17) is 17.0 Å². The van der Waals surface area contributed by atoms with Crippen LogP contribution < -0.4 is 10.1 Å². The smallest absolute Gasteiger partial charge is 0.263 e. The highest BCUT2D eigenvalue weighted by molar-refractivity contribution is 8.26. The van der Waals surface area contributed by atoms with Crippen LogP contribution in [0.25, 0.3) is 6.08 Å². The summed E-state index contributed by atoms with van der Waals surface area (Å²) in [7, 11) is 0. The summed E-state index contributed by atoms with van der Waals surface area (Å²) in [5.41, 5.74) is 0.928. The number of carbonyl (C=O) groups is 1. The van der Waals surface area contributed by atoms with E-state index < -0.39 is 0 Å². The van der Waals surface area contributed by atoms with Crippen molar-refractivity contribution in [3.8, 4) is 11.5 Å². The number of nitrogens with one attached hydrogen (secondary N) is 1. The molecule has 2 aromatic rings. The van der Waals surface area contributed by atoms with E-state index in [-0.39, 0.29) is 5.91 Å². The first kappa shape index (κ1) is 13.9. The Hall–Kier alpha value is -2.11. The van der Waals surface area contributed by atoms with E-state index in [9.17, 15) is 4.79 Å². The molecule has 104 valence electrons. The van der Waals surface area contributed by atoms with E-state index in [1.54, 1.807) is 0 Å². The predicted molar refractivity (Wildman–Crippen MR) is 89.3 cm³/mol. The zero-order chi connectivity index (χ0) is 14.7. The van der Waals surface area contributed by atoms with Crippen molar-refractivity contribution >= 4 is 40.3 Å². The molecule has 1 aliphatic heterocycles. The van der Waals surface area contributed by atoms with Crippen LogP contribution in [0.15, 0.2) is 59.5 Å². The van der Waals surface area contributed by atoms with E-state index in [0.29, 0.717) is 9.23 Å². The van der Waals surface area contributed by atoms with Crippen LogP contribution in [0.3, 0.4) is 0 Å². The number of ether oxygens (including phenoxy) is 1. The normalized spacial score (nSPS) is 16.1. The predicted octanol–water partition coefficient (Wildman–Crippen LogP) is 3.97. The van der Waals surface area contributed by atoms with Crippen molar-refractivity contribution in [2.75, 3.05) is 0 Å². The average Bonchev–Trinajstić information content (AvgIpc) is 2.80. The molecule has 1 saturated heterocycles. The maximum atomic E-state index is 11.6. The van der Waals surface area contributed by atoms with Crippen molar-refractivity contribution in [3.63, 3.8) is 0 Å². The number of hydrogen-bond acceptors (Lipinski definition) is 4. The number of thioether (sulfide) groups is 1. The zero-order valence-electron chi connectivity index (χ0n) is 10.9. The minimum absolute atomic E-state index is 0.144. The van der Waals surface area contributed by atoms with Crippen LogP contribution in [0.1, 0.15) is 5.56 Å². The summed E-state index contributed by atoms with van der Waals surface area (Å²) in [6, 6.07) is 17.1. The summed E-state index contributed by atoms with van der Waals surface area (Å²) < 4.78 is 6.21. The number of rotatable bonds is 3. The second-order valence-electron chi connectivity index (χ2n) is 4.34. The number of thiocarbonyl (C=S) groups is 1. The Morgan fingerprint density at radius 3 is 2.29 bits per heavy atom. The highest BCUT2D eigenvalue weighted by Crippen LogP contribution is 2.27. The average molecular weight is 313 g/mol. The summed E-state index contributed by atoms with van der Waals surface area (Å²) >= 11 is 6.23. The Labute approximate surface area is 132 Å². The lowest BCUT2D eigenvalue weighted by molar-refractivity contribution is -0.115. The lowest BCUT2D eigenvalue weighted by atomic mass is 10.2. The molecule has 1 amide bonds. The Bertz CT molecular complexity index is 709. The Kier molecular flexibility index (Phi) is 4.03. The van der Waals surface area contributed by atoms with E-state index >= 15 is 0 Å². The Morgan fingerprint density at radius 1 is 1.00 bits per heavy atom. The van der Waals surface area contributed by atoms with Gasteiger partial charge in [-0.3, -0.25) is 4.79 Å². The summed E-state index contributed by atoms with van der Waals surface area (Å²) in [4.78, 5) is 12.2. The van der Waals surface area contributed by atoms with Gasteiger partial charge in [0.05, 0.1) is 4.91 Å². The van der Waals surface area contributed by atoms with Gasteiger partial charge in [-0.05, 0) is 35.9 Å². The van der Waals surface area contributed by atoms with Crippen molar-refractivity contribution in [3.05, 3.63) is 65.1 Å². The van der Waals surface area contributed by atoms with E-state index in [2.05, 4.69) is 5.32 Å². The van der Waals surface area contributed by atoms with Gasteiger partial charge in [-0.2, -0.15) is 0 Å². The van der Waals surface area contributed by atoms with E-state index in [1.165, 1.54) is 11.8 Å². The number of para-hydroxylation sites is 1. The number of amides is 1. The van der Waals surface area contributed by atoms with Gasteiger partial charge in [-0.15, -0.1) is 0 Å². The largest absolute Gasteiger partial charge is 0.457 e. The summed E-state index contributed by atoms with van der Waals surface area (Å²) in [6.07, 6.45) is 1.81. The van der Waals surface area contributed by atoms with Crippen LogP contribution in [0.2, 0.25) is 0 Å². The van der Waals surface area contributed by atoms with Crippen LogP contribution in [0, 0.1) is 0 Å². The third-order valence-electron chi connectivity index (χ3n) is 2.80. The molecule has 0 aromatic heterocycles. The molecule has 0 spiro atoms. The van der Waals surface area contributed by atoms with Gasteiger partial charge in [0.1, 0.15) is 15.8 Å². The number of hydrogen-bond donors (Lipinski definition) is 1. The van der Waals surface area contributed by atoms with Gasteiger partial charge in [0.15, 0.2) is 0 Å². The van der Waals surface area contributed by atoms with Crippen molar-refractivity contribution in [1.82, 2.24) is 5.32 Å². The first-order valence-corrected chi connectivity index (χ1v) is 7.51. The minimum atomic E-state index is -0.144. The first-order chi connectivity index (χ1) is 10.2. The van der Waals surface area contributed by atoms with Gasteiger partial charge in [-0.1, -0.05) is 54.3 Å². The molecule has 1 N–H and O–H groups in total. The highest BCUT2D eigenvalue weighted by Gasteiger charge is 2.21. The first-order valence-electron chi connectivity index (χ1n) is 6.28. The molecule has 0 unspecified atom stereocenters. The van der Waals surface area contributed by atoms with Crippen molar-refractivity contribution in [1.29, 1.82) is 0 Å². The van der Waals surface area contributed by atoms with Gasteiger partial charge < -0.3 is 10.1 Å². The van der Waals surface area contributed by atoms with Gasteiger partial charge in [0, 0.05) is 0 Å². The van der Waals surface area contributed by atoms with Crippen LogP contribution >= 0.6 is 24.0 Å². The number of carbonyl (C=O) groups excluding carboxylic acids is 1. The monoisotopic (exact) mass is 313 g/mol. The molecule has 1 fully saturated rings. The fraction of sp³-hybridized carbons (Fsp3) is 0. The van der Waals surface area contributed by atoms with Crippen molar-refractivity contribution in [2.24, 2.45) is 0 Å². The molecular weight excluding hydrogens is 302 g/mol. The fourth-order valence-corrected chi connectivity index (χ4v) is 2.87. The lowest BCUT2D eigenvalue weighted by Gasteiger charge is -2.05. The molecule has 1 aliphatic rings. The van der Waals surface area contributed by atoms with Gasteiger partial charge >= 0.3 is 0 Å². The summed E-state index contributed by atoms with van der Waals surface area (Å²) in [5.74, 6) is 1.40. The SMILES string of the molecule is O=C1NC(=S)S/C1=C/c1ccc(Oc2ccccc2)cc1. The van der Waals surface area contributed by atoms with Crippen LogP contribution in [0.5, 0.6) is 11.5 Å². The van der Waals surface area contributed by atoms with Gasteiger partial charge in [-0.25, -0.2) is 0 Å². The molecular formula is C16H11NO2S2. The van der Waals surface area contributed by atoms with Crippen molar-refractivity contribution < 1.29 is 9.53 Å². The van der Waals surface area contributed by atoms with Crippen LogP contribution in [-0.2, 0) is 4.79 Å². The summed E-state index contributed by atoms with van der Waals surface area (Å²) in [6.45, 7) is 0. The van der Waals surface area contributed by atoms with Crippen molar-refractivity contribution in [2.45, 2.75) is 0 Å². The molecule has 1 heterocycles. The molecule has 0 aliphatic carbocycles. The Balaban J connectivity index is 1.74. The fourth-order valence-electron chi connectivity index (χ4n) is 1.83. The van der Waals surface area contributed by atoms with Crippen LogP contribution in [-0.4, -0.2) is 10.2 Å². The van der Waals surface area contributed by atoms with Crippen LogP contribution in [0.4, 0.5) is 0 Å². The van der Waals surface area contributed by atoms with Gasteiger partial charge in [0.2, 0.25) is 0 Å². The lowest BCUT2D eigenvalue weighted by Crippen LogP contribution is -2.17. The zero-order valence-corrected chi connectivity index (χ0v) is 12.5. The maximum absolute atomic E-state index is 11.6. The molecule has 0 atom stereocenters. The molecule has 2 aromatic carbocycles. The molecule has 0 bridgehead atoms. The second-order valence-corrected chi connectivity index (χ2v) is 6.06. The third kappa shape index (κ3) is 3.51. The molecule has 21 heavy (non-hydrogen) atoms. The van der Waals surface area contributed by atoms with Gasteiger partial charge in [0.25, 0.3) is 5.91 Å². The highest BCUT2D eigenvalue weighted by atomic mass is 32.2. The molecule has 3 nitrogen and oxygen atoms in total. The second kappa shape index (κ2) is 6.11. The van der Waals surface area contributed by atoms with E-state index in [1.807, 2.05) is 60.7 Å². The minimum Gasteiger partial charge on any atom is -0.457 e.